The summed E-state index contributed by atoms with van der Waals surface area (Å²) in [6, 6.07) is 19.9. The zero-order valence-electron chi connectivity index (χ0n) is 38.1. The number of guanidine groups is 1. The highest BCUT2D eigenvalue weighted by molar-refractivity contribution is 6.01. The van der Waals surface area contributed by atoms with Crippen LogP contribution in [0.25, 0.3) is 0 Å². The SMILES string of the molecule is CC[C@H]1NC(=O)c2cccc(c2)CNC(=O)[C@H](CC(=O)OCOC(=O)OC(C)C)NC(=O)CNC(=O)[C@H](CCCN=C(NC(=O)OCc2ccccc2)NC(=O)OCc2ccccc2)N(C)C1=O. The maximum absolute atomic E-state index is 14.0. The van der Waals surface area contributed by atoms with Gasteiger partial charge >= 0.3 is 24.3 Å². The second kappa shape index (κ2) is 27.4. The van der Waals surface area contributed by atoms with Crippen molar-refractivity contribution in [3.63, 3.8) is 0 Å². The van der Waals surface area contributed by atoms with Crippen LogP contribution in [0.3, 0.4) is 0 Å². The number of amides is 7. The van der Waals surface area contributed by atoms with Crippen LogP contribution in [0.15, 0.2) is 89.9 Å². The van der Waals surface area contributed by atoms with Crippen LogP contribution in [0.2, 0.25) is 0 Å². The molecule has 0 aromatic heterocycles. The molecule has 0 fully saturated rings. The van der Waals surface area contributed by atoms with Gasteiger partial charge in [0, 0.05) is 25.7 Å². The maximum Gasteiger partial charge on any atom is 0.511 e. The van der Waals surface area contributed by atoms with E-state index in [0.717, 1.165) is 4.90 Å². The Morgan fingerprint density at radius 2 is 1.37 bits per heavy atom. The van der Waals surface area contributed by atoms with Gasteiger partial charge < -0.3 is 49.9 Å². The van der Waals surface area contributed by atoms with Crippen LogP contribution in [-0.2, 0) is 67.4 Å². The van der Waals surface area contributed by atoms with Crippen LogP contribution in [0.1, 0.15) is 73.5 Å². The average molecular weight is 945 g/mol. The van der Waals surface area contributed by atoms with Gasteiger partial charge in [-0.25, -0.2) is 14.4 Å². The lowest BCUT2D eigenvalue weighted by Crippen LogP contribution is -2.55. The minimum absolute atomic E-state index is 0.0477. The van der Waals surface area contributed by atoms with Crippen LogP contribution in [0.5, 0.6) is 0 Å². The van der Waals surface area contributed by atoms with E-state index in [0.29, 0.717) is 16.7 Å². The van der Waals surface area contributed by atoms with Crippen molar-refractivity contribution in [3.8, 4) is 0 Å². The standard InChI is InChI=1S/C46H56N8O14/c1-5-34-42(60)54(4)36(20-13-21-47-43(52-44(61)64-26-30-14-8-6-9-15-30)53-45(62)65-27-31-16-10-7-11-17-31)41(59)49-25-37(55)50-35(23-38(56)66-28-67-46(63)68-29(2)3)40(58)48-24-32-18-12-19-33(22-32)39(57)51-34/h6-12,14-19,22,29,34-36H,5,13,20-21,23-28H2,1-4H3,(H,48,58)(H,49,59)(H,50,55)(H,51,57)(H2,47,52,53,61,62)/t34-,35+,36+/m1/s1. The average Bonchev–Trinajstić information content (AvgIpc) is 3.32. The van der Waals surface area contributed by atoms with Crippen molar-refractivity contribution in [3.05, 3.63) is 107 Å². The van der Waals surface area contributed by atoms with E-state index in [1.807, 2.05) is 0 Å². The molecule has 68 heavy (non-hydrogen) atoms. The molecular formula is C46H56N8O14. The van der Waals surface area contributed by atoms with Crippen molar-refractivity contribution >= 4 is 59.8 Å². The quantitative estimate of drug-likeness (QED) is 0.0339. The molecule has 1 aliphatic rings. The third kappa shape index (κ3) is 18.4. The minimum Gasteiger partial charge on any atom is -0.444 e. The van der Waals surface area contributed by atoms with E-state index in [1.165, 1.54) is 19.2 Å². The summed E-state index contributed by atoms with van der Waals surface area (Å²) in [7, 11) is 1.35. The number of alkyl carbamates (subject to hydrolysis) is 2. The van der Waals surface area contributed by atoms with Crippen LogP contribution >= 0.6 is 0 Å². The van der Waals surface area contributed by atoms with E-state index in [1.54, 1.807) is 93.6 Å². The first-order valence-electron chi connectivity index (χ1n) is 21.6. The molecule has 3 atom stereocenters. The zero-order chi connectivity index (χ0) is 49.4. The van der Waals surface area contributed by atoms with Gasteiger partial charge in [-0.3, -0.25) is 44.4 Å². The molecule has 2 bridgehead atoms. The number of esters is 1. The van der Waals surface area contributed by atoms with Gasteiger partial charge in [0.15, 0.2) is 0 Å². The van der Waals surface area contributed by atoms with Crippen molar-refractivity contribution in [1.29, 1.82) is 0 Å². The molecule has 3 aromatic rings. The summed E-state index contributed by atoms with van der Waals surface area (Å²) in [5.74, 6) is -5.17. The summed E-state index contributed by atoms with van der Waals surface area (Å²) < 4.78 is 25.0. The van der Waals surface area contributed by atoms with E-state index in [9.17, 15) is 43.2 Å². The second-order valence-electron chi connectivity index (χ2n) is 15.3. The third-order valence-electron chi connectivity index (χ3n) is 9.73. The summed E-state index contributed by atoms with van der Waals surface area (Å²) in [5, 5.41) is 14.9. The minimum atomic E-state index is -1.55. The molecule has 0 aliphatic carbocycles. The number of benzene rings is 3. The van der Waals surface area contributed by atoms with Crippen molar-refractivity contribution in [2.45, 2.75) is 90.4 Å². The Hall–Kier alpha value is -8.04. The fourth-order valence-corrected chi connectivity index (χ4v) is 6.25. The van der Waals surface area contributed by atoms with Crippen molar-refractivity contribution in [2.75, 3.05) is 26.9 Å². The van der Waals surface area contributed by atoms with Gasteiger partial charge in [-0.1, -0.05) is 79.7 Å². The number of carbonyl (C=O) groups is 9. The molecule has 364 valence electrons. The number of hydrogen-bond acceptors (Lipinski definition) is 15. The van der Waals surface area contributed by atoms with E-state index < -0.39 is 97.8 Å². The molecule has 0 spiro atoms. The first-order valence-corrected chi connectivity index (χ1v) is 21.6. The van der Waals surface area contributed by atoms with Crippen LogP contribution in [0, 0.1) is 0 Å². The molecule has 0 unspecified atom stereocenters. The number of fused-ring (bicyclic) bond motifs is 2. The normalized spacial score (nSPS) is 16.8. The topological polar surface area (TPSA) is 288 Å². The summed E-state index contributed by atoms with van der Waals surface area (Å²) in [4.78, 5) is 123. The molecule has 3 aromatic carbocycles. The largest absolute Gasteiger partial charge is 0.511 e. The predicted octanol–water partition coefficient (Wildman–Crippen LogP) is 2.69. The number of rotatable bonds is 14. The lowest BCUT2D eigenvalue weighted by molar-refractivity contribution is -0.155. The number of nitrogens with one attached hydrogen (secondary N) is 6. The molecular weight excluding hydrogens is 889 g/mol. The van der Waals surface area contributed by atoms with E-state index in [2.05, 4.69) is 36.9 Å². The molecule has 0 radical (unpaired) electrons. The Bertz CT molecular complexity index is 2200. The number of carbonyl (C=O) groups excluding carboxylic acids is 9. The van der Waals surface area contributed by atoms with Crippen LogP contribution in [-0.4, -0.2) is 116 Å². The maximum atomic E-state index is 14.0. The summed E-state index contributed by atoms with van der Waals surface area (Å²) in [5.41, 5.74) is 2.01. The monoisotopic (exact) mass is 944 g/mol. The van der Waals surface area contributed by atoms with Gasteiger partial charge in [-0.2, -0.15) is 0 Å². The summed E-state index contributed by atoms with van der Waals surface area (Å²) >= 11 is 0. The fraction of sp³-hybridized carbons (Fsp3) is 0.391. The number of ether oxygens (including phenoxy) is 5. The highest BCUT2D eigenvalue weighted by Crippen LogP contribution is 2.13. The van der Waals surface area contributed by atoms with Gasteiger partial charge in [0.1, 0.15) is 31.3 Å². The van der Waals surface area contributed by atoms with Gasteiger partial charge in [0.05, 0.1) is 19.1 Å². The molecule has 0 saturated heterocycles. The van der Waals surface area contributed by atoms with E-state index in [4.69, 9.17) is 23.7 Å². The van der Waals surface area contributed by atoms with Crippen molar-refractivity contribution < 1.29 is 66.8 Å². The van der Waals surface area contributed by atoms with Crippen molar-refractivity contribution in [1.82, 2.24) is 36.8 Å². The van der Waals surface area contributed by atoms with Crippen LogP contribution < -0.4 is 31.9 Å². The molecule has 1 aliphatic heterocycles. The lowest BCUT2D eigenvalue weighted by Gasteiger charge is -2.30. The molecule has 7 amide bonds. The van der Waals surface area contributed by atoms with E-state index >= 15 is 0 Å². The Balaban J connectivity index is 1.52. The molecule has 22 heteroatoms. The molecule has 6 N–H and O–H groups in total. The molecule has 4 rings (SSSR count). The zero-order valence-corrected chi connectivity index (χ0v) is 38.1. The first-order chi connectivity index (χ1) is 32.6. The fourth-order valence-electron chi connectivity index (χ4n) is 6.25. The Morgan fingerprint density at radius 1 is 0.750 bits per heavy atom. The van der Waals surface area contributed by atoms with Crippen LogP contribution in [0.4, 0.5) is 14.4 Å². The van der Waals surface area contributed by atoms with Crippen molar-refractivity contribution in [2.24, 2.45) is 4.99 Å². The number of nitrogens with zero attached hydrogens (tertiary/aromatic N) is 2. The van der Waals surface area contributed by atoms with E-state index in [-0.39, 0.29) is 57.1 Å². The Labute approximate surface area is 392 Å². The predicted molar refractivity (Wildman–Crippen MR) is 241 cm³/mol. The highest BCUT2D eigenvalue weighted by Gasteiger charge is 2.32. The molecule has 0 saturated carbocycles. The van der Waals surface area contributed by atoms with Gasteiger partial charge in [0.25, 0.3) is 5.91 Å². The number of hydrogen-bond donors (Lipinski definition) is 6. The summed E-state index contributed by atoms with van der Waals surface area (Å²) in [6.07, 6.45) is -4.14. The smallest absolute Gasteiger partial charge is 0.444 e. The first kappa shape index (κ1) is 52.6. The third-order valence-corrected chi connectivity index (χ3v) is 9.73. The highest BCUT2D eigenvalue weighted by atomic mass is 16.8. The summed E-state index contributed by atoms with van der Waals surface area (Å²) in [6.45, 7) is 2.81. The molecule has 22 nitrogen and oxygen atoms in total. The van der Waals surface area contributed by atoms with Gasteiger partial charge in [-0.05, 0) is 61.9 Å². The van der Waals surface area contributed by atoms with Gasteiger partial charge in [0.2, 0.25) is 36.4 Å². The second-order valence-corrected chi connectivity index (χ2v) is 15.3. The molecule has 1 heterocycles. The Morgan fingerprint density at radius 3 is 1.97 bits per heavy atom. The Kier molecular flexibility index (Phi) is 21.2. The lowest BCUT2D eigenvalue weighted by atomic mass is 10.1. The number of aliphatic imine (C=N–C) groups is 1. The van der Waals surface area contributed by atoms with Gasteiger partial charge in [-0.15, -0.1) is 0 Å². The number of likely N-dealkylation sites (N-methyl/N-ethyl adjacent to an activating group) is 1.